The van der Waals surface area contributed by atoms with Crippen LogP contribution >= 0.6 is 0 Å². The molecule has 9 atom stereocenters. The fourth-order valence-corrected chi connectivity index (χ4v) is 9.37. The molecule has 1 aromatic heterocycles. The van der Waals surface area contributed by atoms with Gasteiger partial charge in [-0.1, -0.05) is 40.7 Å². The van der Waals surface area contributed by atoms with E-state index >= 15 is 0 Å². The molecule has 2 aliphatic heterocycles. The summed E-state index contributed by atoms with van der Waals surface area (Å²) in [6.07, 6.45) is 7.83. The third kappa shape index (κ3) is 2.39. The zero-order chi connectivity index (χ0) is 25.2. The molecule has 3 aliphatic carbocycles. The number of epoxide rings is 1. The Bertz CT molecular complexity index is 1150. The first-order chi connectivity index (χ1) is 16.4. The van der Waals surface area contributed by atoms with Crippen molar-refractivity contribution in [2.24, 2.45) is 39.4 Å². The van der Waals surface area contributed by atoms with E-state index in [4.69, 9.17) is 18.6 Å². The lowest BCUT2D eigenvalue weighted by Crippen LogP contribution is -2.71. The fraction of sp³-hybridized carbons (Fsp3) is 0.679. The number of furan rings is 1. The Hall–Kier alpha value is -2.41. The number of ether oxygens (including phenoxy) is 3. The van der Waals surface area contributed by atoms with Gasteiger partial charge in [0.25, 0.3) is 0 Å². The minimum atomic E-state index is -0.882. The fourth-order valence-electron chi connectivity index (χ4n) is 9.37. The second-order valence-electron chi connectivity index (χ2n) is 12.5. The summed E-state index contributed by atoms with van der Waals surface area (Å²) in [5, 5.41) is 0. The van der Waals surface area contributed by atoms with Crippen LogP contribution in [0.3, 0.4) is 0 Å². The highest BCUT2D eigenvalue weighted by atomic mass is 16.7. The summed E-state index contributed by atoms with van der Waals surface area (Å²) in [5.41, 5.74) is -2.28. The molecule has 7 heteroatoms. The molecule has 0 amide bonds. The molecule has 7 nitrogen and oxygen atoms in total. The molecule has 0 aromatic carbocycles. The molecule has 1 spiro atoms. The van der Waals surface area contributed by atoms with Crippen LogP contribution < -0.4 is 0 Å². The first kappa shape index (κ1) is 23.0. The summed E-state index contributed by atoms with van der Waals surface area (Å²) in [5.74, 6) is -1.14. The maximum absolute atomic E-state index is 13.5. The number of hydrogen-bond donors (Lipinski definition) is 0. The van der Waals surface area contributed by atoms with Crippen LogP contribution in [-0.4, -0.2) is 36.5 Å². The maximum atomic E-state index is 13.5. The van der Waals surface area contributed by atoms with Crippen molar-refractivity contribution in [2.45, 2.75) is 71.7 Å². The van der Waals surface area contributed by atoms with E-state index in [0.717, 1.165) is 18.4 Å². The predicted molar refractivity (Wildman–Crippen MR) is 124 cm³/mol. The van der Waals surface area contributed by atoms with E-state index in [1.807, 2.05) is 19.9 Å². The normalized spacial score (nSPS) is 49.1. The smallest absolute Gasteiger partial charge is 0.339 e. The molecule has 6 rings (SSSR count). The molecule has 5 aliphatic rings. The molecular formula is C28H34O7. The van der Waals surface area contributed by atoms with Crippen LogP contribution in [0.1, 0.15) is 65.5 Å². The maximum Gasteiger partial charge on any atom is 0.339 e. The summed E-state index contributed by atoms with van der Waals surface area (Å²) in [6.45, 7) is 10.5. The molecule has 3 heterocycles. The van der Waals surface area contributed by atoms with Crippen LogP contribution in [0.4, 0.5) is 0 Å². The molecular weight excluding hydrogens is 448 g/mol. The Labute approximate surface area is 205 Å². The lowest BCUT2D eigenvalue weighted by Gasteiger charge is -2.68. The zero-order valence-electron chi connectivity index (χ0n) is 21.3. The Balaban J connectivity index is 1.57. The van der Waals surface area contributed by atoms with Crippen LogP contribution in [0.25, 0.3) is 0 Å². The van der Waals surface area contributed by atoms with Crippen LogP contribution in [0, 0.1) is 39.4 Å². The largest absolute Gasteiger partial charge is 0.472 e. The lowest BCUT2D eigenvalue weighted by molar-refractivity contribution is -0.236. The quantitative estimate of drug-likeness (QED) is 0.455. The van der Waals surface area contributed by atoms with Gasteiger partial charge in [0, 0.05) is 21.8 Å². The number of methoxy groups -OCH3 is 1. The molecule has 35 heavy (non-hydrogen) atoms. The number of carbonyl (C=O) groups is 3. The second kappa shape index (κ2) is 6.67. The van der Waals surface area contributed by atoms with Gasteiger partial charge in [-0.3, -0.25) is 9.59 Å². The van der Waals surface area contributed by atoms with E-state index in [1.54, 1.807) is 18.6 Å². The average molecular weight is 483 g/mol. The third-order valence-corrected chi connectivity index (χ3v) is 11.1. The number of hydrogen-bond acceptors (Lipinski definition) is 7. The second-order valence-corrected chi connectivity index (χ2v) is 12.5. The molecule has 9 unspecified atom stereocenters. The Morgan fingerprint density at radius 2 is 1.83 bits per heavy atom. The Morgan fingerprint density at radius 3 is 2.49 bits per heavy atom. The van der Waals surface area contributed by atoms with Crippen LogP contribution in [-0.2, 0) is 28.6 Å². The molecule has 0 radical (unpaired) electrons. The SMILES string of the molecule is COC(=O)C1CC2C(C)(C)C(=O)C=CC2(C)C2CCC3(C)C(c4ccoc4)OC(=O)C4OC43C12C. The van der Waals surface area contributed by atoms with Crippen molar-refractivity contribution < 1.29 is 33.0 Å². The van der Waals surface area contributed by atoms with Crippen molar-refractivity contribution in [3.05, 3.63) is 36.3 Å². The van der Waals surface area contributed by atoms with Crippen molar-refractivity contribution >= 4 is 17.7 Å². The van der Waals surface area contributed by atoms with E-state index in [0.29, 0.717) is 6.42 Å². The van der Waals surface area contributed by atoms with Gasteiger partial charge in [-0.15, -0.1) is 0 Å². The first-order valence-corrected chi connectivity index (χ1v) is 12.6. The highest BCUT2D eigenvalue weighted by Crippen LogP contribution is 2.80. The molecule has 4 fully saturated rings. The minimum absolute atomic E-state index is 0.00968. The Kier molecular flexibility index (Phi) is 4.38. The summed E-state index contributed by atoms with van der Waals surface area (Å²) >= 11 is 0. The topological polar surface area (TPSA) is 95.3 Å². The minimum Gasteiger partial charge on any atom is -0.472 e. The highest BCUT2D eigenvalue weighted by molar-refractivity contribution is 5.96. The third-order valence-electron chi connectivity index (χ3n) is 11.1. The van der Waals surface area contributed by atoms with E-state index in [2.05, 4.69) is 26.8 Å². The summed E-state index contributed by atoms with van der Waals surface area (Å²) in [6, 6.07) is 1.84. The van der Waals surface area contributed by atoms with Gasteiger partial charge >= 0.3 is 11.9 Å². The van der Waals surface area contributed by atoms with E-state index in [9.17, 15) is 14.4 Å². The Morgan fingerprint density at radius 1 is 1.09 bits per heavy atom. The molecule has 2 saturated heterocycles. The van der Waals surface area contributed by atoms with Gasteiger partial charge in [-0.2, -0.15) is 0 Å². The summed E-state index contributed by atoms with van der Waals surface area (Å²) < 4.78 is 23.2. The number of fused-ring (bicyclic) bond motifs is 3. The van der Waals surface area contributed by atoms with E-state index in [-0.39, 0.29) is 35.0 Å². The number of carbonyl (C=O) groups excluding carboxylic acids is 3. The van der Waals surface area contributed by atoms with Crippen molar-refractivity contribution in [3.63, 3.8) is 0 Å². The molecule has 0 bridgehead atoms. The molecule has 0 N–H and O–H groups in total. The van der Waals surface area contributed by atoms with Gasteiger partial charge in [0.15, 0.2) is 11.9 Å². The summed E-state index contributed by atoms with van der Waals surface area (Å²) in [7, 11) is 1.42. The standard InChI is InChI=1S/C28H34O7/c1-24(2)18-13-16(22(30)32-6)27(5)17(25(18,3)10-8-19(24)29)7-11-26(4)20(15-9-12-33-14-15)34-23(31)21-28(26,27)35-21/h8-10,12,14,16-18,20-21H,7,11,13H2,1-6H3. The molecule has 188 valence electrons. The summed E-state index contributed by atoms with van der Waals surface area (Å²) in [4.78, 5) is 39.7. The number of ketones is 1. The highest BCUT2D eigenvalue weighted by Gasteiger charge is 2.88. The van der Waals surface area contributed by atoms with Gasteiger partial charge in [-0.05, 0) is 48.7 Å². The number of rotatable bonds is 2. The van der Waals surface area contributed by atoms with Gasteiger partial charge < -0.3 is 18.6 Å². The number of cyclic esters (lactones) is 1. The average Bonchev–Trinajstić information content (AvgIpc) is 3.38. The van der Waals surface area contributed by atoms with Gasteiger partial charge in [0.2, 0.25) is 0 Å². The van der Waals surface area contributed by atoms with Gasteiger partial charge in [0.1, 0.15) is 11.7 Å². The van der Waals surface area contributed by atoms with Crippen molar-refractivity contribution in [1.29, 1.82) is 0 Å². The van der Waals surface area contributed by atoms with E-state index in [1.165, 1.54) is 7.11 Å². The van der Waals surface area contributed by atoms with Gasteiger partial charge in [0.05, 0.1) is 25.6 Å². The van der Waals surface area contributed by atoms with Crippen molar-refractivity contribution in [3.8, 4) is 0 Å². The van der Waals surface area contributed by atoms with Crippen molar-refractivity contribution in [2.75, 3.05) is 7.11 Å². The number of allylic oxidation sites excluding steroid dienone is 2. The number of esters is 2. The van der Waals surface area contributed by atoms with Crippen molar-refractivity contribution in [1.82, 2.24) is 0 Å². The van der Waals surface area contributed by atoms with E-state index < -0.39 is 40.0 Å². The first-order valence-electron chi connectivity index (χ1n) is 12.6. The molecule has 1 aromatic rings. The van der Waals surface area contributed by atoms with Crippen LogP contribution in [0.2, 0.25) is 0 Å². The van der Waals surface area contributed by atoms with Gasteiger partial charge in [-0.25, -0.2) is 4.79 Å². The predicted octanol–water partition coefficient (Wildman–Crippen LogP) is 4.42. The molecule has 2 saturated carbocycles. The zero-order valence-corrected chi connectivity index (χ0v) is 21.3. The van der Waals surface area contributed by atoms with Crippen LogP contribution in [0.15, 0.2) is 35.2 Å². The lowest BCUT2D eigenvalue weighted by atomic mass is 9.34. The van der Waals surface area contributed by atoms with Crippen LogP contribution in [0.5, 0.6) is 0 Å². The monoisotopic (exact) mass is 482 g/mol.